The van der Waals surface area contributed by atoms with Crippen LogP contribution < -0.4 is 5.32 Å². The molecule has 1 amide bonds. The van der Waals surface area contributed by atoms with Gasteiger partial charge < -0.3 is 10.2 Å². The molecule has 6 heteroatoms. The second-order valence-electron chi connectivity index (χ2n) is 5.25. The van der Waals surface area contributed by atoms with Gasteiger partial charge in [-0.3, -0.25) is 4.79 Å². The van der Waals surface area contributed by atoms with Gasteiger partial charge in [-0.15, -0.1) is 0 Å². The Balaban J connectivity index is 2.07. The van der Waals surface area contributed by atoms with Crippen LogP contribution in [0.25, 0.3) is 0 Å². The first kappa shape index (κ1) is 14.0. The van der Waals surface area contributed by atoms with Gasteiger partial charge in [0.1, 0.15) is 0 Å². The molecule has 1 aromatic heterocycles. The van der Waals surface area contributed by atoms with E-state index in [1.165, 1.54) is 0 Å². The van der Waals surface area contributed by atoms with Crippen LogP contribution in [0.4, 0.5) is 5.69 Å². The zero-order valence-corrected chi connectivity index (χ0v) is 13.6. The van der Waals surface area contributed by atoms with E-state index in [9.17, 15) is 4.79 Å². The van der Waals surface area contributed by atoms with E-state index in [2.05, 4.69) is 31.2 Å². The number of aryl methyl sites for hydroxylation is 2. The Kier molecular flexibility index (Phi) is 3.41. The summed E-state index contributed by atoms with van der Waals surface area (Å²) < 4.78 is 0.871. The lowest BCUT2D eigenvalue weighted by Crippen LogP contribution is -2.41. The molecule has 1 aliphatic rings. The van der Waals surface area contributed by atoms with Crippen LogP contribution in [-0.2, 0) is 0 Å². The predicted octanol–water partition coefficient (Wildman–Crippen LogP) is 3.05. The highest BCUT2D eigenvalue weighted by Crippen LogP contribution is 2.36. The van der Waals surface area contributed by atoms with Gasteiger partial charge in [-0.1, -0.05) is 0 Å². The molecule has 2 aromatic rings. The van der Waals surface area contributed by atoms with Crippen LogP contribution in [0, 0.1) is 13.8 Å². The highest BCUT2D eigenvalue weighted by molar-refractivity contribution is 9.10. The van der Waals surface area contributed by atoms with Crippen LogP contribution in [0.5, 0.6) is 0 Å². The minimum atomic E-state index is -0.371. The smallest absolute Gasteiger partial charge is 0.257 e. The van der Waals surface area contributed by atoms with Crippen LogP contribution in [0.2, 0.25) is 0 Å². The SMILES string of the molecule is Cc1cnc(C2Nc3c(Br)cc(C)cc3C(=O)N2C)nc1. The summed E-state index contributed by atoms with van der Waals surface area (Å²) in [7, 11) is 1.75. The number of nitrogens with zero attached hydrogens (tertiary/aromatic N) is 3. The number of hydrogen-bond acceptors (Lipinski definition) is 4. The summed E-state index contributed by atoms with van der Waals surface area (Å²) in [5.74, 6) is 0.539. The number of aromatic nitrogens is 2. The Morgan fingerprint density at radius 2 is 1.86 bits per heavy atom. The fourth-order valence-electron chi connectivity index (χ4n) is 2.38. The largest absolute Gasteiger partial charge is 0.357 e. The molecule has 1 aromatic carbocycles. The molecule has 0 saturated carbocycles. The normalized spacial score (nSPS) is 17.4. The molecule has 3 rings (SSSR count). The number of nitrogens with one attached hydrogen (secondary N) is 1. The summed E-state index contributed by atoms with van der Waals surface area (Å²) in [5.41, 5.74) is 3.47. The number of amides is 1. The van der Waals surface area contributed by atoms with Gasteiger partial charge in [0, 0.05) is 23.9 Å². The molecule has 21 heavy (non-hydrogen) atoms. The zero-order valence-electron chi connectivity index (χ0n) is 12.0. The van der Waals surface area contributed by atoms with Crippen molar-refractivity contribution in [3.05, 3.63) is 51.5 Å². The van der Waals surface area contributed by atoms with Crippen molar-refractivity contribution in [3.8, 4) is 0 Å². The van der Waals surface area contributed by atoms with E-state index in [4.69, 9.17) is 0 Å². The summed E-state index contributed by atoms with van der Waals surface area (Å²) in [6.07, 6.45) is 3.13. The summed E-state index contributed by atoms with van der Waals surface area (Å²) in [6.45, 7) is 3.90. The number of benzene rings is 1. The molecule has 2 heterocycles. The quantitative estimate of drug-likeness (QED) is 0.862. The van der Waals surface area contributed by atoms with Crippen molar-refractivity contribution in [2.45, 2.75) is 20.0 Å². The lowest BCUT2D eigenvalue weighted by atomic mass is 10.0. The lowest BCUT2D eigenvalue weighted by molar-refractivity contribution is 0.0729. The van der Waals surface area contributed by atoms with Gasteiger partial charge in [0.25, 0.3) is 5.91 Å². The maximum Gasteiger partial charge on any atom is 0.257 e. The first-order chi connectivity index (χ1) is 9.97. The van der Waals surface area contributed by atoms with Crippen molar-refractivity contribution in [2.75, 3.05) is 12.4 Å². The minimum absolute atomic E-state index is 0.0395. The molecule has 0 saturated heterocycles. The highest BCUT2D eigenvalue weighted by atomic mass is 79.9. The highest BCUT2D eigenvalue weighted by Gasteiger charge is 2.33. The van der Waals surface area contributed by atoms with E-state index in [1.54, 1.807) is 24.3 Å². The van der Waals surface area contributed by atoms with Gasteiger partial charge in [-0.05, 0) is 53.0 Å². The number of anilines is 1. The monoisotopic (exact) mass is 346 g/mol. The Bertz CT molecular complexity index is 714. The molecule has 1 atom stereocenters. The van der Waals surface area contributed by atoms with E-state index in [1.807, 2.05) is 26.0 Å². The third-order valence-corrected chi connectivity index (χ3v) is 4.12. The average molecular weight is 347 g/mol. The van der Waals surface area contributed by atoms with E-state index in [0.717, 1.165) is 21.3 Å². The lowest BCUT2D eigenvalue weighted by Gasteiger charge is -2.34. The van der Waals surface area contributed by atoms with Gasteiger partial charge in [0.05, 0.1) is 11.3 Å². The second kappa shape index (κ2) is 5.11. The fraction of sp³-hybridized carbons (Fsp3) is 0.267. The topological polar surface area (TPSA) is 58.1 Å². The zero-order chi connectivity index (χ0) is 15.1. The maximum absolute atomic E-state index is 12.6. The number of carbonyl (C=O) groups excluding carboxylic acids is 1. The van der Waals surface area contributed by atoms with Gasteiger partial charge in [-0.25, -0.2) is 9.97 Å². The summed E-state index contributed by atoms with van der Waals surface area (Å²) in [4.78, 5) is 22.9. The van der Waals surface area contributed by atoms with Crippen LogP contribution >= 0.6 is 15.9 Å². The first-order valence-corrected chi connectivity index (χ1v) is 7.39. The van der Waals surface area contributed by atoms with Crippen molar-refractivity contribution >= 4 is 27.5 Å². The number of rotatable bonds is 1. The third kappa shape index (κ3) is 2.40. The number of halogens is 1. The van der Waals surface area contributed by atoms with Crippen molar-refractivity contribution in [3.63, 3.8) is 0 Å². The molecule has 0 fully saturated rings. The maximum atomic E-state index is 12.6. The van der Waals surface area contributed by atoms with E-state index in [-0.39, 0.29) is 12.1 Å². The van der Waals surface area contributed by atoms with Gasteiger partial charge in [0.15, 0.2) is 12.0 Å². The van der Waals surface area contributed by atoms with Gasteiger partial charge in [-0.2, -0.15) is 0 Å². The summed E-state index contributed by atoms with van der Waals surface area (Å²) >= 11 is 3.52. The number of hydrogen-bond donors (Lipinski definition) is 1. The second-order valence-corrected chi connectivity index (χ2v) is 6.11. The Labute approximate surface area is 131 Å². The van der Waals surface area contributed by atoms with Crippen LogP contribution in [0.15, 0.2) is 29.0 Å². The Morgan fingerprint density at radius 3 is 2.52 bits per heavy atom. The van der Waals surface area contributed by atoms with Crippen molar-refractivity contribution in [1.29, 1.82) is 0 Å². The summed E-state index contributed by atoms with van der Waals surface area (Å²) in [6, 6.07) is 3.87. The molecule has 5 nitrogen and oxygen atoms in total. The van der Waals surface area contributed by atoms with Crippen molar-refractivity contribution in [1.82, 2.24) is 14.9 Å². The van der Waals surface area contributed by atoms with E-state index in [0.29, 0.717) is 11.4 Å². The molecule has 0 radical (unpaired) electrons. The summed E-state index contributed by atoms with van der Waals surface area (Å²) in [5, 5.41) is 3.34. The molecular formula is C15H15BrN4O. The van der Waals surface area contributed by atoms with Crippen LogP contribution in [0.1, 0.15) is 33.5 Å². The molecule has 1 N–H and O–H groups in total. The van der Waals surface area contributed by atoms with E-state index >= 15 is 0 Å². The van der Waals surface area contributed by atoms with Crippen LogP contribution in [0.3, 0.4) is 0 Å². The number of fused-ring (bicyclic) bond motifs is 1. The molecule has 108 valence electrons. The predicted molar refractivity (Wildman–Crippen MR) is 84.1 cm³/mol. The van der Waals surface area contributed by atoms with Crippen molar-refractivity contribution < 1.29 is 4.79 Å². The Morgan fingerprint density at radius 1 is 1.19 bits per heavy atom. The van der Waals surface area contributed by atoms with E-state index < -0.39 is 0 Å². The van der Waals surface area contributed by atoms with Gasteiger partial charge >= 0.3 is 0 Å². The minimum Gasteiger partial charge on any atom is -0.357 e. The third-order valence-electron chi connectivity index (χ3n) is 3.50. The Hall–Kier alpha value is -1.95. The molecule has 0 aliphatic carbocycles. The molecule has 0 bridgehead atoms. The van der Waals surface area contributed by atoms with Crippen molar-refractivity contribution in [2.24, 2.45) is 0 Å². The average Bonchev–Trinajstić information content (AvgIpc) is 2.44. The first-order valence-electron chi connectivity index (χ1n) is 6.60. The number of carbonyl (C=O) groups is 1. The van der Waals surface area contributed by atoms with Crippen LogP contribution in [-0.4, -0.2) is 27.8 Å². The molecular weight excluding hydrogens is 332 g/mol. The van der Waals surface area contributed by atoms with Gasteiger partial charge in [0.2, 0.25) is 0 Å². The molecule has 1 unspecified atom stereocenters. The fourth-order valence-corrected chi connectivity index (χ4v) is 3.07. The molecule has 1 aliphatic heterocycles. The standard InChI is InChI=1S/C15H15BrN4O/c1-8-4-10-12(11(16)5-8)19-14(20(3)15(10)21)13-17-6-9(2)7-18-13/h4-7,14,19H,1-3H3. The molecule has 0 spiro atoms.